The van der Waals surface area contributed by atoms with E-state index in [2.05, 4.69) is 33.0 Å². The van der Waals surface area contributed by atoms with Gasteiger partial charge in [-0.1, -0.05) is 39.3 Å². The number of nitrogens with one attached hydrogen (secondary N) is 1. The van der Waals surface area contributed by atoms with Crippen molar-refractivity contribution in [3.63, 3.8) is 0 Å². The number of hydrogen-bond donors (Lipinski definition) is 1. The maximum Gasteiger partial charge on any atom is 0.122 e. The minimum atomic E-state index is 0.327. The Labute approximate surface area is 128 Å². The normalized spacial score (nSPS) is 14.9. The van der Waals surface area contributed by atoms with Gasteiger partial charge in [0.1, 0.15) is 5.75 Å². The van der Waals surface area contributed by atoms with Crippen LogP contribution < -0.4 is 10.1 Å². The molecule has 20 heavy (non-hydrogen) atoms. The van der Waals surface area contributed by atoms with E-state index in [1.165, 1.54) is 5.56 Å². The van der Waals surface area contributed by atoms with Crippen LogP contribution in [0.3, 0.4) is 0 Å². The van der Waals surface area contributed by atoms with Gasteiger partial charge in [-0.25, -0.2) is 0 Å². The van der Waals surface area contributed by atoms with Crippen molar-refractivity contribution in [2.45, 2.75) is 46.6 Å². The molecule has 0 aliphatic heterocycles. The van der Waals surface area contributed by atoms with Crippen molar-refractivity contribution < 1.29 is 4.74 Å². The summed E-state index contributed by atoms with van der Waals surface area (Å²) in [5.74, 6) is 1.56. The highest BCUT2D eigenvalue weighted by Gasteiger charge is 2.23. The van der Waals surface area contributed by atoms with Gasteiger partial charge in [-0.3, -0.25) is 0 Å². The van der Waals surface area contributed by atoms with Gasteiger partial charge in [0.25, 0.3) is 0 Å². The average Bonchev–Trinajstić information content (AvgIpc) is 2.37. The lowest BCUT2D eigenvalue weighted by molar-refractivity contribution is 0.224. The van der Waals surface area contributed by atoms with Crippen LogP contribution in [0, 0.1) is 11.3 Å². The van der Waals surface area contributed by atoms with Gasteiger partial charge >= 0.3 is 0 Å². The summed E-state index contributed by atoms with van der Waals surface area (Å²) in [6.45, 7) is 9.21. The fourth-order valence-corrected chi connectivity index (χ4v) is 2.45. The summed E-state index contributed by atoms with van der Waals surface area (Å²) in [5, 5.41) is 4.19. The van der Waals surface area contributed by atoms with E-state index in [-0.39, 0.29) is 0 Å². The second-order valence-corrected chi connectivity index (χ2v) is 7.09. The van der Waals surface area contributed by atoms with Crippen molar-refractivity contribution >= 4 is 11.6 Å². The largest absolute Gasteiger partial charge is 0.496 e. The molecule has 2 unspecified atom stereocenters. The van der Waals surface area contributed by atoms with E-state index in [0.29, 0.717) is 17.4 Å². The second kappa shape index (κ2) is 7.33. The first kappa shape index (κ1) is 17.3. The molecule has 0 saturated heterocycles. The smallest absolute Gasteiger partial charge is 0.122 e. The lowest BCUT2D eigenvalue weighted by Crippen LogP contribution is -2.33. The van der Waals surface area contributed by atoms with Crippen LogP contribution >= 0.6 is 11.6 Å². The molecule has 0 radical (unpaired) electrons. The van der Waals surface area contributed by atoms with Crippen LogP contribution in [-0.4, -0.2) is 20.2 Å². The van der Waals surface area contributed by atoms with E-state index in [1.54, 1.807) is 7.11 Å². The highest BCUT2D eigenvalue weighted by molar-refractivity contribution is 6.30. The molecule has 1 aromatic rings. The van der Waals surface area contributed by atoms with Gasteiger partial charge in [0.2, 0.25) is 0 Å². The highest BCUT2D eigenvalue weighted by atomic mass is 35.5. The van der Waals surface area contributed by atoms with Gasteiger partial charge in [-0.05, 0) is 55.0 Å². The summed E-state index contributed by atoms with van der Waals surface area (Å²) < 4.78 is 5.43. The Balaban J connectivity index is 2.81. The lowest BCUT2D eigenvalue weighted by atomic mass is 9.78. The van der Waals surface area contributed by atoms with Gasteiger partial charge in [0.15, 0.2) is 0 Å². The van der Waals surface area contributed by atoms with Crippen LogP contribution in [0.5, 0.6) is 5.75 Å². The maximum absolute atomic E-state index is 6.10. The first-order valence-electron chi connectivity index (χ1n) is 7.27. The Morgan fingerprint density at radius 3 is 2.45 bits per heavy atom. The third-order valence-corrected chi connectivity index (χ3v) is 4.47. The van der Waals surface area contributed by atoms with Crippen LogP contribution in [0.4, 0.5) is 0 Å². The van der Waals surface area contributed by atoms with Gasteiger partial charge in [0.05, 0.1) is 7.11 Å². The quantitative estimate of drug-likeness (QED) is 0.831. The van der Waals surface area contributed by atoms with Crippen molar-refractivity contribution in [3.05, 3.63) is 28.8 Å². The van der Waals surface area contributed by atoms with Crippen molar-refractivity contribution in [1.29, 1.82) is 0 Å². The van der Waals surface area contributed by atoms with Gasteiger partial charge < -0.3 is 10.1 Å². The topological polar surface area (TPSA) is 21.3 Å². The fourth-order valence-electron chi connectivity index (χ4n) is 2.26. The third-order valence-electron chi connectivity index (χ3n) is 4.23. The monoisotopic (exact) mass is 297 g/mol. The maximum atomic E-state index is 6.10. The minimum absolute atomic E-state index is 0.327. The number of halogens is 1. The van der Waals surface area contributed by atoms with E-state index in [9.17, 15) is 0 Å². The van der Waals surface area contributed by atoms with Crippen LogP contribution in [0.25, 0.3) is 0 Å². The molecule has 0 saturated carbocycles. The molecule has 1 aromatic carbocycles. The number of likely N-dealkylation sites (N-methyl/N-ethyl adjacent to an activating group) is 1. The minimum Gasteiger partial charge on any atom is -0.496 e. The summed E-state index contributed by atoms with van der Waals surface area (Å²) in [4.78, 5) is 0. The van der Waals surface area contributed by atoms with Crippen molar-refractivity contribution in [2.24, 2.45) is 11.3 Å². The number of methoxy groups -OCH3 is 1. The van der Waals surface area contributed by atoms with E-state index in [4.69, 9.17) is 16.3 Å². The van der Waals surface area contributed by atoms with Crippen molar-refractivity contribution in [3.8, 4) is 5.75 Å². The summed E-state index contributed by atoms with van der Waals surface area (Å²) in [5.41, 5.74) is 1.49. The molecule has 0 spiro atoms. The van der Waals surface area contributed by atoms with Gasteiger partial charge in [-0.2, -0.15) is 0 Å². The van der Waals surface area contributed by atoms with E-state index < -0.39 is 0 Å². The number of hydrogen-bond acceptors (Lipinski definition) is 2. The Morgan fingerprint density at radius 1 is 1.30 bits per heavy atom. The van der Waals surface area contributed by atoms with E-state index in [0.717, 1.165) is 23.6 Å². The molecule has 0 aliphatic rings. The Morgan fingerprint density at radius 2 is 1.95 bits per heavy atom. The zero-order valence-electron chi connectivity index (χ0n) is 13.6. The molecule has 2 atom stereocenters. The summed E-state index contributed by atoms with van der Waals surface area (Å²) >= 11 is 6.10. The van der Waals surface area contributed by atoms with Crippen LogP contribution in [-0.2, 0) is 6.42 Å². The molecular weight excluding hydrogens is 270 g/mol. The first-order valence-corrected chi connectivity index (χ1v) is 7.65. The SMILES string of the molecule is CNC(Cc1cc(Cl)ccc1OC)CC(C)C(C)(C)C. The van der Waals surface area contributed by atoms with Gasteiger partial charge in [0, 0.05) is 11.1 Å². The number of rotatable bonds is 6. The number of ether oxygens (including phenoxy) is 1. The predicted molar refractivity (Wildman–Crippen MR) is 87.8 cm³/mol. The molecule has 114 valence electrons. The highest BCUT2D eigenvalue weighted by Crippen LogP contribution is 2.31. The van der Waals surface area contributed by atoms with Crippen molar-refractivity contribution in [2.75, 3.05) is 14.2 Å². The zero-order valence-corrected chi connectivity index (χ0v) is 14.3. The molecular formula is C17H28ClNO. The Hall–Kier alpha value is -0.730. The van der Waals surface area contributed by atoms with Crippen molar-refractivity contribution in [1.82, 2.24) is 5.32 Å². The Bertz CT molecular complexity index is 425. The summed E-state index contributed by atoms with van der Waals surface area (Å²) in [7, 11) is 3.73. The molecule has 0 aliphatic carbocycles. The molecule has 0 fully saturated rings. The standard InChI is InChI=1S/C17H28ClNO/c1-12(17(2,3)4)9-15(19-5)11-13-10-14(18)7-8-16(13)20-6/h7-8,10,12,15,19H,9,11H2,1-6H3. The van der Waals surface area contributed by atoms with Crippen LogP contribution in [0.2, 0.25) is 5.02 Å². The summed E-state index contributed by atoms with van der Waals surface area (Å²) in [6.07, 6.45) is 2.07. The second-order valence-electron chi connectivity index (χ2n) is 6.65. The van der Waals surface area contributed by atoms with Crippen LogP contribution in [0.1, 0.15) is 39.7 Å². The molecule has 2 nitrogen and oxygen atoms in total. The molecule has 3 heteroatoms. The van der Waals surface area contributed by atoms with Crippen LogP contribution in [0.15, 0.2) is 18.2 Å². The Kier molecular flexibility index (Phi) is 6.35. The first-order chi connectivity index (χ1) is 9.27. The zero-order chi connectivity index (χ0) is 15.3. The molecule has 0 aromatic heterocycles. The van der Waals surface area contributed by atoms with Gasteiger partial charge in [-0.15, -0.1) is 0 Å². The fraction of sp³-hybridized carbons (Fsp3) is 0.647. The third kappa shape index (κ3) is 4.99. The number of benzene rings is 1. The molecule has 0 heterocycles. The predicted octanol–water partition coefficient (Wildman–Crippen LogP) is 4.55. The molecule has 0 bridgehead atoms. The molecule has 0 amide bonds. The molecule has 1 rings (SSSR count). The van der Waals surface area contributed by atoms with E-state index >= 15 is 0 Å². The van der Waals surface area contributed by atoms with E-state index in [1.807, 2.05) is 25.2 Å². The average molecular weight is 298 g/mol. The summed E-state index contributed by atoms with van der Waals surface area (Å²) in [6, 6.07) is 6.25. The lowest BCUT2D eigenvalue weighted by Gasteiger charge is -2.31. The molecule has 1 N–H and O–H groups in total.